The van der Waals surface area contributed by atoms with Crippen LogP contribution in [0, 0.1) is 5.92 Å². The molecule has 1 fully saturated rings. The summed E-state index contributed by atoms with van der Waals surface area (Å²) in [6, 6.07) is 2.12. The van der Waals surface area contributed by atoms with Crippen LogP contribution in [0.25, 0.3) is 0 Å². The van der Waals surface area contributed by atoms with E-state index in [1.54, 1.807) is 0 Å². The third kappa shape index (κ3) is 3.04. The zero-order chi connectivity index (χ0) is 14.2. The first kappa shape index (κ1) is 14.6. The number of aliphatic hydroxyl groups is 1. The zero-order valence-electron chi connectivity index (χ0n) is 10.1. The van der Waals surface area contributed by atoms with Crippen molar-refractivity contribution in [2.24, 2.45) is 11.7 Å². The molecular weight excluding hydrogens is 279 g/mol. The Labute approximate surface area is 114 Å². The molecule has 1 saturated carbocycles. The van der Waals surface area contributed by atoms with Gasteiger partial charge in [0.05, 0.1) is 17.7 Å². The first-order chi connectivity index (χ1) is 8.80. The van der Waals surface area contributed by atoms with Crippen LogP contribution in [0.3, 0.4) is 0 Å². The molecule has 1 aliphatic rings. The van der Waals surface area contributed by atoms with Crippen LogP contribution in [-0.4, -0.2) is 11.2 Å². The molecule has 2 nitrogen and oxygen atoms in total. The number of rotatable bonds is 3. The van der Waals surface area contributed by atoms with E-state index in [2.05, 4.69) is 0 Å². The minimum Gasteiger partial charge on any atom is -0.391 e. The van der Waals surface area contributed by atoms with Crippen molar-refractivity contribution >= 4 is 11.6 Å². The summed E-state index contributed by atoms with van der Waals surface area (Å²) in [5.74, 6) is 0.0561. The summed E-state index contributed by atoms with van der Waals surface area (Å²) in [6.07, 6.45) is -2.57. The van der Waals surface area contributed by atoms with Gasteiger partial charge in [-0.05, 0) is 42.5 Å². The minimum atomic E-state index is -4.44. The molecule has 0 amide bonds. The lowest BCUT2D eigenvalue weighted by Gasteiger charge is -2.34. The third-order valence-corrected chi connectivity index (χ3v) is 4.03. The van der Waals surface area contributed by atoms with Crippen molar-refractivity contribution in [3.05, 3.63) is 34.3 Å². The van der Waals surface area contributed by atoms with E-state index in [4.69, 9.17) is 17.3 Å². The largest absolute Gasteiger partial charge is 0.416 e. The Bertz CT molecular complexity index is 460. The van der Waals surface area contributed by atoms with E-state index < -0.39 is 23.9 Å². The lowest BCUT2D eigenvalue weighted by molar-refractivity contribution is -0.137. The van der Waals surface area contributed by atoms with Crippen molar-refractivity contribution in [1.29, 1.82) is 0 Å². The molecule has 0 spiro atoms. The van der Waals surface area contributed by atoms with Gasteiger partial charge in [0.1, 0.15) is 0 Å². The molecular formula is C13H15ClF3NO. The number of halogens is 4. The Morgan fingerprint density at radius 3 is 2.42 bits per heavy atom. The monoisotopic (exact) mass is 293 g/mol. The summed E-state index contributed by atoms with van der Waals surface area (Å²) >= 11 is 5.89. The fraction of sp³-hybridized carbons (Fsp3) is 0.538. The molecule has 1 aromatic carbocycles. The SMILES string of the molecule is N[C@H](c1cc(C(F)(F)F)ccc1Cl)[C@@H](O)C1CCC1. The molecule has 0 heterocycles. The van der Waals surface area contributed by atoms with Crippen LogP contribution < -0.4 is 5.73 Å². The van der Waals surface area contributed by atoms with E-state index in [-0.39, 0.29) is 16.5 Å². The summed E-state index contributed by atoms with van der Waals surface area (Å²) < 4.78 is 38.0. The van der Waals surface area contributed by atoms with Gasteiger partial charge in [-0.15, -0.1) is 0 Å². The summed E-state index contributed by atoms with van der Waals surface area (Å²) in [7, 11) is 0. The third-order valence-electron chi connectivity index (χ3n) is 3.68. The van der Waals surface area contributed by atoms with Crippen molar-refractivity contribution in [2.75, 3.05) is 0 Å². The standard InChI is InChI=1S/C13H15ClF3NO/c14-10-5-4-8(13(15,16)17)6-9(10)11(18)12(19)7-2-1-3-7/h4-7,11-12,19H,1-3,18H2/t11-,12+/m1/s1. The van der Waals surface area contributed by atoms with Crippen LogP contribution in [-0.2, 0) is 6.18 Å². The quantitative estimate of drug-likeness (QED) is 0.896. The van der Waals surface area contributed by atoms with Gasteiger partial charge in [-0.25, -0.2) is 0 Å². The molecule has 1 aliphatic carbocycles. The topological polar surface area (TPSA) is 46.2 Å². The highest BCUT2D eigenvalue weighted by molar-refractivity contribution is 6.31. The maximum atomic E-state index is 12.7. The van der Waals surface area contributed by atoms with Crippen LogP contribution in [0.5, 0.6) is 0 Å². The van der Waals surface area contributed by atoms with Gasteiger partial charge in [-0.2, -0.15) is 13.2 Å². The fourth-order valence-corrected chi connectivity index (χ4v) is 2.48. The minimum absolute atomic E-state index is 0.0561. The molecule has 106 valence electrons. The zero-order valence-corrected chi connectivity index (χ0v) is 10.9. The van der Waals surface area contributed by atoms with Crippen LogP contribution >= 0.6 is 11.6 Å². The van der Waals surface area contributed by atoms with Crippen LogP contribution in [0.2, 0.25) is 5.02 Å². The molecule has 1 aromatic rings. The van der Waals surface area contributed by atoms with Gasteiger partial charge in [0.15, 0.2) is 0 Å². The van der Waals surface area contributed by atoms with Crippen molar-refractivity contribution in [1.82, 2.24) is 0 Å². The average molecular weight is 294 g/mol. The molecule has 6 heteroatoms. The lowest BCUT2D eigenvalue weighted by Crippen LogP contribution is -2.36. The van der Waals surface area contributed by atoms with Gasteiger partial charge in [-0.3, -0.25) is 0 Å². The molecule has 0 saturated heterocycles. The predicted octanol–water partition coefficient (Wildman–Crippen LogP) is 3.52. The Balaban J connectivity index is 2.27. The maximum Gasteiger partial charge on any atom is 0.416 e. The van der Waals surface area contributed by atoms with E-state index in [1.807, 2.05) is 0 Å². The number of hydrogen-bond donors (Lipinski definition) is 2. The number of nitrogens with two attached hydrogens (primary N) is 1. The van der Waals surface area contributed by atoms with Crippen LogP contribution in [0.4, 0.5) is 13.2 Å². The van der Waals surface area contributed by atoms with E-state index in [0.717, 1.165) is 31.4 Å². The first-order valence-corrected chi connectivity index (χ1v) is 6.49. The molecule has 0 bridgehead atoms. The van der Waals surface area contributed by atoms with Gasteiger partial charge in [0.25, 0.3) is 0 Å². The number of benzene rings is 1. The molecule has 0 unspecified atom stereocenters. The highest BCUT2D eigenvalue weighted by atomic mass is 35.5. The second-order valence-corrected chi connectivity index (χ2v) is 5.35. The van der Waals surface area contributed by atoms with E-state index in [1.165, 1.54) is 6.07 Å². The molecule has 2 atom stereocenters. The highest BCUT2D eigenvalue weighted by Crippen LogP contribution is 2.38. The molecule has 0 aromatic heterocycles. The van der Waals surface area contributed by atoms with Gasteiger partial charge < -0.3 is 10.8 Å². The van der Waals surface area contributed by atoms with Crippen LogP contribution in [0.1, 0.15) is 36.4 Å². The summed E-state index contributed by atoms with van der Waals surface area (Å²) in [5, 5.41) is 10.2. The normalized spacial score (nSPS) is 19.9. The van der Waals surface area contributed by atoms with Crippen molar-refractivity contribution in [3.63, 3.8) is 0 Å². The first-order valence-electron chi connectivity index (χ1n) is 6.11. The number of hydrogen-bond acceptors (Lipinski definition) is 2. The average Bonchev–Trinajstić information content (AvgIpc) is 2.24. The molecule has 19 heavy (non-hydrogen) atoms. The fourth-order valence-electron chi connectivity index (χ4n) is 2.23. The maximum absolute atomic E-state index is 12.7. The summed E-state index contributed by atoms with van der Waals surface area (Å²) in [6.45, 7) is 0. The van der Waals surface area contributed by atoms with Gasteiger partial charge in [-0.1, -0.05) is 18.0 Å². The smallest absolute Gasteiger partial charge is 0.391 e. The van der Waals surface area contributed by atoms with Gasteiger partial charge in [0, 0.05) is 5.02 Å². The van der Waals surface area contributed by atoms with Gasteiger partial charge >= 0.3 is 6.18 Å². The number of aliphatic hydroxyl groups excluding tert-OH is 1. The second kappa shape index (κ2) is 5.31. The molecule has 0 radical (unpaired) electrons. The van der Waals surface area contributed by atoms with E-state index >= 15 is 0 Å². The summed E-state index contributed by atoms with van der Waals surface area (Å²) in [4.78, 5) is 0. The van der Waals surface area contributed by atoms with Crippen molar-refractivity contribution in [2.45, 2.75) is 37.6 Å². The Morgan fingerprint density at radius 2 is 1.95 bits per heavy atom. The van der Waals surface area contributed by atoms with Gasteiger partial charge in [0.2, 0.25) is 0 Å². The Kier molecular flexibility index (Phi) is 4.08. The molecule has 2 rings (SSSR count). The van der Waals surface area contributed by atoms with E-state index in [9.17, 15) is 18.3 Å². The summed E-state index contributed by atoms with van der Waals surface area (Å²) in [5.41, 5.74) is 5.21. The van der Waals surface area contributed by atoms with Crippen LogP contribution in [0.15, 0.2) is 18.2 Å². The van der Waals surface area contributed by atoms with Crippen molar-refractivity contribution in [3.8, 4) is 0 Å². The highest BCUT2D eigenvalue weighted by Gasteiger charge is 2.34. The van der Waals surface area contributed by atoms with E-state index in [0.29, 0.717) is 0 Å². The predicted molar refractivity (Wildman–Crippen MR) is 66.7 cm³/mol. The Hall–Kier alpha value is -0.780. The Morgan fingerprint density at radius 1 is 1.32 bits per heavy atom. The second-order valence-electron chi connectivity index (χ2n) is 4.94. The molecule has 3 N–H and O–H groups in total. The lowest BCUT2D eigenvalue weighted by atomic mass is 9.77. The molecule has 0 aliphatic heterocycles. The van der Waals surface area contributed by atoms with Crippen molar-refractivity contribution < 1.29 is 18.3 Å². The number of alkyl halides is 3.